The smallest absolute Gasteiger partial charge is 0.252 e. The van der Waals surface area contributed by atoms with Crippen molar-refractivity contribution in [1.29, 1.82) is 0 Å². The number of amides is 1. The normalized spacial score (nSPS) is 10.7. The van der Waals surface area contributed by atoms with E-state index in [0.29, 0.717) is 11.3 Å². The Balaban J connectivity index is 1.66. The van der Waals surface area contributed by atoms with Crippen LogP contribution in [0.15, 0.2) is 73.1 Å². The molecular formula is C24H19N3O3. The molecule has 0 aliphatic carbocycles. The number of fused-ring (bicyclic) bond motifs is 1. The number of pyridine rings is 2. The van der Waals surface area contributed by atoms with E-state index in [1.165, 1.54) is 12.1 Å². The van der Waals surface area contributed by atoms with Gasteiger partial charge in [0.1, 0.15) is 0 Å². The molecule has 1 amide bonds. The maximum absolute atomic E-state index is 13.1. The number of aromatic nitrogens is 2. The van der Waals surface area contributed by atoms with Gasteiger partial charge in [-0.2, -0.15) is 0 Å². The molecule has 4 rings (SSSR count). The predicted octanol–water partition coefficient (Wildman–Crippen LogP) is 2.32. The second kappa shape index (κ2) is 8.13. The molecule has 6 nitrogen and oxygen atoms in total. The SMILES string of the molecule is Cc1ccc2nc(-c3ccc[nH+]c3)cc(C(=O)NCc3ccc(C(=O)[O-])cc3)c2c1. The predicted molar refractivity (Wildman–Crippen MR) is 110 cm³/mol. The summed E-state index contributed by atoms with van der Waals surface area (Å²) in [4.78, 5) is 31.7. The minimum absolute atomic E-state index is 0.102. The van der Waals surface area contributed by atoms with Crippen LogP contribution in [0, 0.1) is 6.92 Å². The number of hydrogen-bond donors (Lipinski definition) is 1. The summed E-state index contributed by atoms with van der Waals surface area (Å²) >= 11 is 0. The number of aromatic carboxylic acids is 1. The van der Waals surface area contributed by atoms with Gasteiger partial charge in [0.05, 0.1) is 28.3 Å². The summed E-state index contributed by atoms with van der Waals surface area (Å²) in [6.45, 7) is 2.25. The zero-order chi connectivity index (χ0) is 21.1. The molecule has 0 bridgehead atoms. The molecule has 2 aromatic heterocycles. The molecule has 0 aliphatic rings. The number of aryl methyl sites for hydroxylation is 1. The molecule has 0 atom stereocenters. The fourth-order valence-corrected chi connectivity index (χ4v) is 3.26. The topological polar surface area (TPSA) is 96.3 Å². The number of hydrogen-bond acceptors (Lipinski definition) is 4. The number of H-pyrrole nitrogens is 1. The Hall–Kier alpha value is -4.06. The first-order valence-electron chi connectivity index (χ1n) is 9.47. The number of aromatic amines is 1. The molecule has 2 aromatic carbocycles. The summed E-state index contributed by atoms with van der Waals surface area (Å²) in [5, 5.41) is 14.6. The van der Waals surface area contributed by atoms with Crippen LogP contribution in [0.2, 0.25) is 0 Å². The Kier molecular flexibility index (Phi) is 5.22. The van der Waals surface area contributed by atoms with E-state index in [1.807, 2.05) is 49.6 Å². The lowest BCUT2D eigenvalue weighted by molar-refractivity contribution is -0.377. The highest BCUT2D eigenvalue weighted by atomic mass is 16.4. The van der Waals surface area contributed by atoms with Crippen molar-refractivity contribution in [2.45, 2.75) is 13.5 Å². The number of benzene rings is 2. The van der Waals surface area contributed by atoms with Crippen LogP contribution in [0.1, 0.15) is 31.8 Å². The zero-order valence-corrected chi connectivity index (χ0v) is 16.3. The van der Waals surface area contributed by atoms with E-state index in [0.717, 1.165) is 27.6 Å². The molecule has 2 heterocycles. The highest BCUT2D eigenvalue weighted by Crippen LogP contribution is 2.25. The van der Waals surface area contributed by atoms with Gasteiger partial charge < -0.3 is 15.2 Å². The molecular weight excluding hydrogens is 378 g/mol. The van der Waals surface area contributed by atoms with E-state index in [1.54, 1.807) is 18.2 Å². The Morgan fingerprint density at radius 1 is 1.07 bits per heavy atom. The van der Waals surface area contributed by atoms with Crippen molar-refractivity contribution in [2.24, 2.45) is 0 Å². The lowest BCUT2D eigenvalue weighted by atomic mass is 10.0. The van der Waals surface area contributed by atoms with Crippen LogP contribution in [0.5, 0.6) is 0 Å². The molecule has 6 heteroatoms. The van der Waals surface area contributed by atoms with Gasteiger partial charge in [-0.25, -0.2) is 9.97 Å². The van der Waals surface area contributed by atoms with Crippen molar-refractivity contribution in [2.75, 3.05) is 0 Å². The van der Waals surface area contributed by atoms with Gasteiger partial charge >= 0.3 is 0 Å². The fraction of sp³-hybridized carbons (Fsp3) is 0.0833. The van der Waals surface area contributed by atoms with Gasteiger partial charge in [-0.1, -0.05) is 35.9 Å². The quantitative estimate of drug-likeness (QED) is 0.559. The first-order chi connectivity index (χ1) is 14.5. The molecule has 0 aliphatic heterocycles. The van der Waals surface area contributed by atoms with Gasteiger partial charge in [-0.3, -0.25) is 4.79 Å². The maximum atomic E-state index is 13.1. The van der Waals surface area contributed by atoms with E-state index in [2.05, 4.69) is 10.3 Å². The molecule has 4 aromatic rings. The van der Waals surface area contributed by atoms with Gasteiger partial charge in [0.15, 0.2) is 12.4 Å². The van der Waals surface area contributed by atoms with Crippen LogP contribution < -0.4 is 15.4 Å². The van der Waals surface area contributed by atoms with Gasteiger partial charge in [-0.05, 0) is 42.3 Å². The van der Waals surface area contributed by atoms with Crippen molar-refractivity contribution >= 4 is 22.8 Å². The van der Waals surface area contributed by atoms with Crippen LogP contribution in [-0.4, -0.2) is 16.9 Å². The summed E-state index contributed by atoms with van der Waals surface area (Å²) in [5.41, 5.74) is 4.79. The van der Waals surface area contributed by atoms with Crippen LogP contribution in [0.25, 0.3) is 22.2 Å². The molecule has 148 valence electrons. The average molecular weight is 397 g/mol. The minimum Gasteiger partial charge on any atom is -0.545 e. The largest absolute Gasteiger partial charge is 0.545 e. The summed E-state index contributed by atoms with van der Waals surface area (Å²) in [7, 11) is 0. The molecule has 30 heavy (non-hydrogen) atoms. The molecule has 0 saturated carbocycles. The van der Waals surface area contributed by atoms with Crippen LogP contribution in [0.3, 0.4) is 0 Å². The molecule has 0 saturated heterocycles. The number of nitrogens with one attached hydrogen (secondary N) is 2. The molecule has 0 fully saturated rings. The Bertz CT molecular complexity index is 1240. The van der Waals surface area contributed by atoms with Crippen molar-refractivity contribution in [3.05, 3.63) is 95.3 Å². The zero-order valence-electron chi connectivity index (χ0n) is 16.3. The number of carboxylic acid groups (broad SMARTS) is 1. The van der Waals surface area contributed by atoms with Crippen molar-refractivity contribution in [3.63, 3.8) is 0 Å². The summed E-state index contributed by atoms with van der Waals surface area (Å²) in [5.74, 6) is -1.45. The summed E-state index contributed by atoms with van der Waals surface area (Å²) in [6.07, 6.45) is 3.65. The monoisotopic (exact) mass is 397 g/mol. The third kappa shape index (κ3) is 4.03. The molecule has 0 radical (unpaired) electrons. The first kappa shape index (κ1) is 19.3. The molecule has 0 unspecified atom stereocenters. The van der Waals surface area contributed by atoms with E-state index in [4.69, 9.17) is 4.98 Å². The van der Waals surface area contributed by atoms with Gasteiger partial charge in [0, 0.05) is 18.0 Å². The van der Waals surface area contributed by atoms with Gasteiger partial charge in [0.25, 0.3) is 5.91 Å². The maximum Gasteiger partial charge on any atom is 0.252 e. The van der Waals surface area contributed by atoms with E-state index < -0.39 is 5.97 Å². The van der Waals surface area contributed by atoms with Crippen molar-refractivity contribution in [3.8, 4) is 11.3 Å². The third-order valence-corrected chi connectivity index (χ3v) is 4.85. The fourth-order valence-electron chi connectivity index (χ4n) is 3.26. The molecule has 0 spiro atoms. The Morgan fingerprint density at radius 2 is 1.87 bits per heavy atom. The Labute approximate surface area is 173 Å². The van der Waals surface area contributed by atoms with Gasteiger partial charge in [-0.15, -0.1) is 0 Å². The second-order valence-corrected chi connectivity index (χ2v) is 7.03. The number of carbonyl (C=O) groups excluding carboxylic acids is 2. The number of rotatable bonds is 5. The molecule has 2 N–H and O–H groups in total. The number of carboxylic acids is 1. The standard InChI is InChI=1S/C24H19N3O3/c1-15-4-9-21-19(11-15)20(12-22(27-21)18-3-2-10-25-14-18)23(28)26-13-16-5-7-17(8-6-16)24(29)30/h2-12,14H,13H2,1H3,(H,26,28)(H,29,30). The first-order valence-corrected chi connectivity index (χ1v) is 9.47. The van der Waals surface area contributed by atoms with Crippen molar-refractivity contribution in [1.82, 2.24) is 10.3 Å². The average Bonchev–Trinajstić information content (AvgIpc) is 2.77. The van der Waals surface area contributed by atoms with E-state index >= 15 is 0 Å². The van der Waals surface area contributed by atoms with Crippen LogP contribution in [-0.2, 0) is 6.54 Å². The minimum atomic E-state index is -1.23. The van der Waals surface area contributed by atoms with Gasteiger partial charge in [0.2, 0.25) is 0 Å². The van der Waals surface area contributed by atoms with Crippen LogP contribution >= 0.6 is 0 Å². The number of carbonyl (C=O) groups is 2. The van der Waals surface area contributed by atoms with E-state index in [9.17, 15) is 14.7 Å². The highest BCUT2D eigenvalue weighted by Gasteiger charge is 2.15. The highest BCUT2D eigenvalue weighted by molar-refractivity contribution is 6.07. The lowest BCUT2D eigenvalue weighted by Gasteiger charge is -2.11. The lowest BCUT2D eigenvalue weighted by Crippen LogP contribution is -2.24. The summed E-state index contributed by atoms with van der Waals surface area (Å²) in [6, 6.07) is 17.7. The second-order valence-electron chi connectivity index (χ2n) is 7.03. The third-order valence-electron chi connectivity index (χ3n) is 4.85. The van der Waals surface area contributed by atoms with E-state index in [-0.39, 0.29) is 18.0 Å². The summed E-state index contributed by atoms with van der Waals surface area (Å²) < 4.78 is 0. The Morgan fingerprint density at radius 3 is 2.57 bits per heavy atom. The number of nitrogens with zero attached hydrogens (tertiary/aromatic N) is 1. The van der Waals surface area contributed by atoms with Crippen LogP contribution in [0.4, 0.5) is 0 Å². The van der Waals surface area contributed by atoms with Crippen molar-refractivity contribution < 1.29 is 19.7 Å².